The molecule has 0 saturated carbocycles. The lowest BCUT2D eigenvalue weighted by Gasteiger charge is -2.20. The van der Waals surface area contributed by atoms with Crippen molar-refractivity contribution in [2.75, 3.05) is 10.7 Å². The Morgan fingerprint density at radius 1 is 1.06 bits per heavy atom. The fraction of sp³-hybridized carbons (Fsp3) is 0.200. The molecule has 0 aliphatic heterocycles. The lowest BCUT2D eigenvalue weighted by Crippen LogP contribution is -2.30. The fourth-order valence-corrected chi connectivity index (χ4v) is 5.55. The molecule has 0 spiro atoms. The van der Waals surface area contributed by atoms with Crippen molar-refractivity contribution in [2.45, 2.75) is 31.7 Å². The van der Waals surface area contributed by atoms with Gasteiger partial charge in [0.25, 0.3) is 0 Å². The van der Waals surface area contributed by atoms with Gasteiger partial charge in [-0.15, -0.1) is 11.8 Å². The van der Waals surface area contributed by atoms with Crippen LogP contribution in [0.25, 0.3) is 10.2 Å². The van der Waals surface area contributed by atoms with Crippen molar-refractivity contribution in [3.63, 3.8) is 0 Å². The van der Waals surface area contributed by atoms with E-state index in [0.29, 0.717) is 18.7 Å². The molecular weight excluding hydrogens is 444 g/mol. The molecule has 0 aliphatic carbocycles. The number of amides is 1. The van der Waals surface area contributed by atoms with Crippen molar-refractivity contribution in [3.05, 3.63) is 88.4 Å². The van der Waals surface area contributed by atoms with Crippen LogP contribution in [0.15, 0.2) is 71.6 Å². The van der Waals surface area contributed by atoms with Crippen molar-refractivity contribution >= 4 is 56.0 Å². The number of hydrogen-bond acceptors (Lipinski definition) is 4. The highest BCUT2D eigenvalue weighted by Crippen LogP contribution is 2.33. The molecule has 0 saturated heterocycles. The molecule has 4 aromatic rings. The predicted octanol–water partition coefficient (Wildman–Crippen LogP) is 7.28. The van der Waals surface area contributed by atoms with E-state index in [2.05, 4.69) is 26.0 Å². The third-order valence-electron chi connectivity index (χ3n) is 4.93. The van der Waals surface area contributed by atoms with E-state index in [4.69, 9.17) is 16.6 Å². The van der Waals surface area contributed by atoms with Crippen LogP contribution >= 0.6 is 34.7 Å². The molecule has 0 radical (unpaired) electrons. The van der Waals surface area contributed by atoms with Gasteiger partial charge in [-0.25, -0.2) is 4.98 Å². The van der Waals surface area contributed by atoms with Crippen LogP contribution in [-0.2, 0) is 11.3 Å². The zero-order valence-corrected chi connectivity index (χ0v) is 19.9. The van der Waals surface area contributed by atoms with Crippen LogP contribution < -0.4 is 4.90 Å². The minimum Gasteiger partial charge on any atom is -0.284 e. The summed E-state index contributed by atoms with van der Waals surface area (Å²) in [4.78, 5) is 21.1. The van der Waals surface area contributed by atoms with Crippen LogP contribution in [-0.4, -0.2) is 16.6 Å². The molecule has 31 heavy (non-hydrogen) atoms. The summed E-state index contributed by atoms with van der Waals surface area (Å²) in [5.41, 5.74) is 4.42. The number of benzene rings is 3. The maximum Gasteiger partial charge on any atom is 0.229 e. The van der Waals surface area contributed by atoms with Gasteiger partial charge in [0.15, 0.2) is 5.13 Å². The quantitative estimate of drug-likeness (QED) is 0.268. The van der Waals surface area contributed by atoms with Crippen molar-refractivity contribution in [1.82, 2.24) is 4.98 Å². The highest BCUT2D eigenvalue weighted by Gasteiger charge is 2.21. The Balaban J connectivity index is 1.55. The van der Waals surface area contributed by atoms with E-state index >= 15 is 0 Å². The Bertz CT molecular complexity index is 1190. The van der Waals surface area contributed by atoms with E-state index in [1.807, 2.05) is 59.5 Å². The molecule has 0 unspecified atom stereocenters. The number of anilines is 1. The molecule has 6 heteroatoms. The van der Waals surface area contributed by atoms with E-state index in [0.717, 1.165) is 36.4 Å². The summed E-state index contributed by atoms with van der Waals surface area (Å²) < 4.78 is 1.12. The molecule has 1 amide bonds. The summed E-state index contributed by atoms with van der Waals surface area (Å²) in [5.74, 6) is 0.785. The second-order valence-electron chi connectivity index (χ2n) is 7.44. The Hall–Kier alpha value is -2.34. The first kappa shape index (κ1) is 21.9. The average Bonchev–Trinajstić information content (AvgIpc) is 3.18. The molecule has 4 rings (SSSR count). The van der Waals surface area contributed by atoms with Crippen LogP contribution in [0, 0.1) is 13.8 Å². The number of halogens is 1. The van der Waals surface area contributed by atoms with Gasteiger partial charge >= 0.3 is 0 Å². The summed E-state index contributed by atoms with van der Waals surface area (Å²) in [6.45, 7) is 4.68. The van der Waals surface area contributed by atoms with Crippen LogP contribution in [0.3, 0.4) is 0 Å². The summed E-state index contributed by atoms with van der Waals surface area (Å²) in [6, 6.07) is 22.1. The summed E-state index contributed by atoms with van der Waals surface area (Å²) in [6.07, 6.45) is 0.439. The van der Waals surface area contributed by atoms with E-state index < -0.39 is 0 Å². The lowest BCUT2D eigenvalue weighted by molar-refractivity contribution is -0.118. The third kappa shape index (κ3) is 5.48. The molecule has 158 valence electrons. The number of fused-ring (bicyclic) bond motifs is 1. The van der Waals surface area contributed by atoms with Crippen LogP contribution in [0.2, 0.25) is 5.02 Å². The predicted molar refractivity (Wildman–Crippen MR) is 134 cm³/mol. The third-order valence-corrected chi connectivity index (χ3v) is 7.22. The number of hydrogen-bond donors (Lipinski definition) is 0. The molecule has 3 aromatic carbocycles. The number of aryl methyl sites for hydroxylation is 2. The number of carbonyl (C=O) groups excluding carboxylic acids is 1. The largest absolute Gasteiger partial charge is 0.284 e. The molecule has 3 nitrogen and oxygen atoms in total. The van der Waals surface area contributed by atoms with Gasteiger partial charge in [0.1, 0.15) is 0 Å². The molecule has 1 aromatic heterocycles. The molecule has 0 bridgehead atoms. The Morgan fingerprint density at radius 2 is 1.81 bits per heavy atom. The van der Waals surface area contributed by atoms with Crippen molar-refractivity contribution < 1.29 is 4.79 Å². The standard InChI is InChI=1S/C25H23ClN2OS2/c1-17-14-18(2)24-22(15-17)31-25(27-24)28(16-19-6-4-3-5-7-19)23(29)12-13-30-21-10-8-20(26)9-11-21/h3-11,14-15H,12-13,16H2,1-2H3. The number of thiazole rings is 1. The minimum atomic E-state index is 0.0822. The zero-order valence-electron chi connectivity index (χ0n) is 17.5. The van der Waals surface area contributed by atoms with Crippen LogP contribution in [0.5, 0.6) is 0 Å². The topological polar surface area (TPSA) is 33.2 Å². The maximum atomic E-state index is 13.3. The fourth-order valence-electron chi connectivity index (χ4n) is 3.42. The number of nitrogens with zero attached hydrogens (tertiary/aromatic N) is 2. The monoisotopic (exact) mass is 466 g/mol. The highest BCUT2D eigenvalue weighted by molar-refractivity contribution is 7.99. The SMILES string of the molecule is Cc1cc(C)c2nc(N(Cc3ccccc3)C(=O)CCSc3ccc(Cl)cc3)sc2c1. The summed E-state index contributed by atoms with van der Waals surface area (Å²) >= 11 is 9.21. The first-order valence-electron chi connectivity index (χ1n) is 10.1. The Kier molecular flexibility index (Phi) is 6.96. The van der Waals surface area contributed by atoms with Gasteiger partial charge in [-0.1, -0.05) is 59.3 Å². The lowest BCUT2D eigenvalue weighted by atomic mass is 10.1. The van der Waals surface area contributed by atoms with Crippen molar-refractivity contribution in [1.29, 1.82) is 0 Å². The molecule has 0 fully saturated rings. The molecule has 0 aliphatic rings. The van der Waals surface area contributed by atoms with Crippen LogP contribution in [0.4, 0.5) is 5.13 Å². The van der Waals surface area contributed by atoms with Gasteiger partial charge < -0.3 is 0 Å². The molecule has 0 N–H and O–H groups in total. The first-order chi connectivity index (χ1) is 15.0. The molecule has 0 atom stereocenters. The number of aromatic nitrogens is 1. The van der Waals surface area contributed by atoms with Gasteiger partial charge in [0, 0.05) is 22.1 Å². The smallest absolute Gasteiger partial charge is 0.229 e. The van der Waals surface area contributed by atoms with Gasteiger partial charge in [0.2, 0.25) is 5.91 Å². The van der Waals surface area contributed by atoms with E-state index in [-0.39, 0.29) is 5.91 Å². The Morgan fingerprint density at radius 3 is 2.55 bits per heavy atom. The zero-order chi connectivity index (χ0) is 21.8. The van der Waals surface area contributed by atoms with Gasteiger partial charge in [-0.2, -0.15) is 0 Å². The second kappa shape index (κ2) is 9.86. The Labute approximate surface area is 196 Å². The minimum absolute atomic E-state index is 0.0822. The van der Waals surface area contributed by atoms with E-state index in [1.54, 1.807) is 23.1 Å². The molecular formula is C25H23ClN2OS2. The number of carbonyl (C=O) groups is 1. The summed E-state index contributed by atoms with van der Waals surface area (Å²) in [5, 5.41) is 1.48. The van der Waals surface area contributed by atoms with Crippen LogP contribution in [0.1, 0.15) is 23.1 Å². The number of rotatable bonds is 7. The maximum absolute atomic E-state index is 13.3. The van der Waals surface area contributed by atoms with Gasteiger partial charge in [0.05, 0.1) is 16.8 Å². The summed E-state index contributed by atoms with van der Waals surface area (Å²) in [7, 11) is 0. The van der Waals surface area contributed by atoms with Crippen molar-refractivity contribution in [2.24, 2.45) is 0 Å². The first-order valence-corrected chi connectivity index (χ1v) is 12.3. The highest BCUT2D eigenvalue weighted by atomic mass is 35.5. The van der Waals surface area contributed by atoms with Gasteiger partial charge in [-0.05, 0) is 60.9 Å². The van der Waals surface area contributed by atoms with E-state index in [9.17, 15) is 4.79 Å². The number of thioether (sulfide) groups is 1. The van der Waals surface area contributed by atoms with E-state index in [1.165, 1.54) is 5.56 Å². The molecule has 1 heterocycles. The normalized spacial score (nSPS) is 11.1. The van der Waals surface area contributed by atoms with Crippen molar-refractivity contribution in [3.8, 4) is 0 Å². The average molecular weight is 467 g/mol. The second-order valence-corrected chi connectivity index (χ2v) is 10.1. The van der Waals surface area contributed by atoms with Gasteiger partial charge in [-0.3, -0.25) is 9.69 Å².